The molecular formula is C19H26F3N5S. The molecule has 0 saturated carbocycles. The molecule has 0 fully saturated rings. The van der Waals surface area contributed by atoms with Crippen molar-refractivity contribution in [2.75, 3.05) is 33.7 Å². The monoisotopic (exact) mass is 413 g/mol. The zero-order chi connectivity index (χ0) is 20.4. The number of nitrogens with zero attached hydrogens (tertiary/aromatic N) is 3. The van der Waals surface area contributed by atoms with Gasteiger partial charge in [0.05, 0.1) is 5.01 Å². The summed E-state index contributed by atoms with van der Waals surface area (Å²) in [7, 11) is 3.76. The highest BCUT2D eigenvalue weighted by Crippen LogP contribution is 2.29. The summed E-state index contributed by atoms with van der Waals surface area (Å²) in [5.74, 6) is 0.637. The molecular weight excluding hydrogens is 387 g/mol. The standard InChI is InChI=1S/C19H26F3N5S/c1-23-18(25-11-9-17-26-16(14-28-17)19(20,21)22)24-10-6-12-27(2)13-15-7-4-3-5-8-15/h3-5,7-8,14H,6,9-13H2,1-2H3,(H2,23,24,25). The number of hydrogen-bond donors (Lipinski definition) is 2. The van der Waals surface area contributed by atoms with Gasteiger partial charge < -0.3 is 15.5 Å². The molecule has 9 heteroatoms. The fourth-order valence-corrected chi connectivity index (χ4v) is 3.40. The number of nitrogens with one attached hydrogen (secondary N) is 2. The summed E-state index contributed by atoms with van der Waals surface area (Å²) in [5, 5.41) is 7.83. The second-order valence-electron chi connectivity index (χ2n) is 6.38. The van der Waals surface area contributed by atoms with Crippen molar-refractivity contribution < 1.29 is 13.2 Å². The molecule has 0 amide bonds. The maximum absolute atomic E-state index is 12.6. The Morgan fingerprint density at radius 1 is 1.18 bits per heavy atom. The number of guanidine groups is 1. The normalized spacial score (nSPS) is 12.4. The lowest BCUT2D eigenvalue weighted by Gasteiger charge is -2.17. The predicted octanol–water partition coefficient (Wildman–Crippen LogP) is 3.39. The molecule has 1 heterocycles. The molecule has 0 atom stereocenters. The Hall–Kier alpha value is -2.13. The van der Waals surface area contributed by atoms with Crippen LogP contribution in [0.2, 0.25) is 0 Å². The second kappa shape index (κ2) is 11.0. The van der Waals surface area contributed by atoms with Gasteiger partial charge in [0, 0.05) is 38.5 Å². The van der Waals surface area contributed by atoms with Gasteiger partial charge in [-0.25, -0.2) is 4.98 Å². The van der Waals surface area contributed by atoms with Crippen LogP contribution in [0.5, 0.6) is 0 Å². The minimum absolute atomic E-state index is 0.418. The van der Waals surface area contributed by atoms with E-state index in [1.54, 1.807) is 7.05 Å². The van der Waals surface area contributed by atoms with Gasteiger partial charge >= 0.3 is 6.18 Å². The van der Waals surface area contributed by atoms with Crippen LogP contribution >= 0.6 is 11.3 Å². The van der Waals surface area contributed by atoms with Gasteiger partial charge in [-0.1, -0.05) is 30.3 Å². The summed E-state index contributed by atoms with van der Waals surface area (Å²) < 4.78 is 37.7. The fraction of sp³-hybridized carbons (Fsp3) is 0.474. The van der Waals surface area contributed by atoms with E-state index in [1.165, 1.54) is 5.56 Å². The molecule has 1 aromatic heterocycles. The third-order valence-electron chi connectivity index (χ3n) is 4.00. The summed E-state index contributed by atoms with van der Waals surface area (Å²) in [4.78, 5) is 10.0. The minimum atomic E-state index is -4.38. The van der Waals surface area contributed by atoms with Crippen molar-refractivity contribution in [3.63, 3.8) is 0 Å². The third kappa shape index (κ3) is 7.85. The highest BCUT2D eigenvalue weighted by molar-refractivity contribution is 7.09. The van der Waals surface area contributed by atoms with E-state index in [2.05, 4.69) is 44.7 Å². The molecule has 154 valence electrons. The number of thiazole rings is 1. The minimum Gasteiger partial charge on any atom is -0.356 e. The van der Waals surface area contributed by atoms with Gasteiger partial charge in [-0.2, -0.15) is 13.2 Å². The van der Waals surface area contributed by atoms with Crippen LogP contribution in [0.3, 0.4) is 0 Å². The zero-order valence-electron chi connectivity index (χ0n) is 16.1. The van der Waals surface area contributed by atoms with Crippen LogP contribution in [0.4, 0.5) is 13.2 Å². The maximum atomic E-state index is 12.6. The topological polar surface area (TPSA) is 52.6 Å². The Labute approximate surface area is 167 Å². The van der Waals surface area contributed by atoms with Crippen molar-refractivity contribution in [2.45, 2.75) is 25.6 Å². The first-order valence-corrected chi connectivity index (χ1v) is 9.95. The van der Waals surface area contributed by atoms with Crippen LogP contribution in [-0.2, 0) is 19.1 Å². The quantitative estimate of drug-likeness (QED) is 0.376. The number of aromatic nitrogens is 1. The molecule has 0 aliphatic heterocycles. The molecule has 0 spiro atoms. The van der Waals surface area contributed by atoms with Crippen LogP contribution in [-0.4, -0.2) is 49.6 Å². The van der Waals surface area contributed by atoms with Crippen molar-refractivity contribution in [3.8, 4) is 0 Å². The van der Waals surface area contributed by atoms with Crippen molar-refractivity contribution in [2.24, 2.45) is 4.99 Å². The Balaban J connectivity index is 1.61. The van der Waals surface area contributed by atoms with E-state index in [4.69, 9.17) is 0 Å². The fourth-order valence-electron chi connectivity index (χ4n) is 2.59. The van der Waals surface area contributed by atoms with Gasteiger partial charge in [-0.3, -0.25) is 4.99 Å². The average Bonchev–Trinajstić information content (AvgIpc) is 3.14. The first-order valence-electron chi connectivity index (χ1n) is 9.07. The van der Waals surface area contributed by atoms with E-state index in [9.17, 15) is 13.2 Å². The molecule has 5 nitrogen and oxygen atoms in total. The van der Waals surface area contributed by atoms with E-state index < -0.39 is 11.9 Å². The smallest absolute Gasteiger partial charge is 0.356 e. The Kier molecular flexibility index (Phi) is 8.72. The summed E-state index contributed by atoms with van der Waals surface area (Å²) in [6.45, 7) is 3.08. The van der Waals surface area contributed by atoms with E-state index in [-0.39, 0.29) is 0 Å². The Morgan fingerprint density at radius 2 is 1.89 bits per heavy atom. The zero-order valence-corrected chi connectivity index (χ0v) is 16.9. The molecule has 28 heavy (non-hydrogen) atoms. The summed E-state index contributed by atoms with van der Waals surface area (Å²) in [5.41, 5.74) is 0.459. The molecule has 0 radical (unpaired) electrons. The van der Waals surface area contributed by atoms with Crippen molar-refractivity contribution >= 4 is 17.3 Å². The second-order valence-corrected chi connectivity index (χ2v) is 7.32. The molecule has 0 saturated heterocycles. The highest BCUT2D eigenvalue weighted by atomic mass is 32.1. The number of alkyl halides is 3. The molecule has 0 aliphatic carbocycles. The SMILES string of the molecule is CN=C(NCCCN(C)Cc1ccccc1)NCCc1nc(C(F)(F)F)cs1. The Bertz CT molecular complexity index is 731. The summed E-state index contributed by atoms with van der Waals surface area (Å²) in [6, 6.07) is 10.3. The third-order valence-corrected chi connectivity index (χ3v) is 4.91. The van der Waals surface area contributed by atoms with E-state index >= 15 is 0 Å². The van der Waals surface area contributed by atoms with Gasteiger partial charge in [0.25, 0.3) is 0 Å². The number of aliphatic imine (C=N–C) groups is 1. The molecule has 1 aromatic carbocycles. The van der Waals surface area contributed by atoms with E-state index in [0.29, 0.717) is 23.9 Å². The van der Waals surface area contributed by atoms with Gasteiger partial charge in [0.15, 0.2) is 11.7 Å². The maximum Gasteiger partial charge on any atom is 0.434 e. The largest absolute Gasteiger partial charge is 0.434 e. The average molecular weight is 414 g/mol. The molecule has 0 aliphatic rings. The van der Waals surface area contributed by atoms with E-state index in [1.807, 2.05) is 18.2 Å². The molecule has 0 bridgehead atoms. The number of halogens is 3. The van der Waals surface area contributed by atoms with Crippen molar-refractivity contribution in [1.82, 2.24) is 20.5 Å². The van der Waals surface area contributed by atoms with E-state index in [0.717, 1.165) is 42.8 Å². The van der Waals surface area contributed by atoms with Gasteiger partial charge in [-0.05, 0) is 25.6 Å². The van der Waals surface area contributed by atoms with Crippen molar-refractivity contribution in [3.05, 3.63) is 52.0 Å². The Morgan fingerprint density at radius 3 is 2.54 bits per heavy atom. The molecule has 0 unspecified atom stereocenters. The van der Waals surface area contributed by atoms with Crippen LogP contribution in [0.1, 0.15) is 22.7 Å². The number of rotatable bonds is 9. The molecule has 2 N–H and O–H groups in total. The van der Waals surface area contributed by atoms with Gasteiger partial charge in [0.2, 0.25) is 0 Å². The number of benzene rings is 1. The summed E-state index contributed by atoms with van der Waals surface area (Å²) in [6.07, 6.45) is -3.01. The van der Waals surface area contributed by atoms with Crippen molar-refractivity contribution in [1.29, 1.82) is 0 Å². The highest BCUT2D eigenvalue weighted by Gasteiger charge is 2.33. The van der Waals surface area contributed by atoms with Crippen LogP contribution in [0.25, 0.3) is 0 Å². The lowest BCUT2D eigenvalue weighted by atomic mass is 10.2. The lowest BCUT2D eigenvalue weighted by molar-refractivity contribution is -0.140. The predicted molar refractivity (Wildman–Crippen MR) is 108 cm³/mol. The van der Waals surface area contributed by atoms with Gasteiger partial charge in [0.1, 0.15) is 0 Å². The first kappa shape index (κ1) is 22.2. The first-order chi connectivity index (χ1) is 13.4. The lowest BCUT2D eigenvalue weighted by Crippen LogP contribution is -2.39. The van der Waals surface area contributed by atoms with Crippen LogP contribution < -0.4 is 10.6 Å². The summed E-state index contributed by atoms with van der Waals surface area (Å²) >= 11 is 1.02. The molecule has 2 aromatic rings. The van der Waals surface area contributed by atoms with Gasteiger partial charge in [-0.15, -0.1) is 11.3 Å². The van der Waals surface area contributed by atoms with Crippen LogP contribution in [0.15, 0.2) is 40.7 Å². The number of hydrogen-bond acceptors (Lipinski definition) is 4. The molecule has 2 rings (SSSR count). The van der Waals surface area contributed by atoms with Crippen LogP contribution in [0, 0.1) is 0 Å².